The number of halogens is 3. The van der Waals surface area contributed by atoms with Crippen molar-refractivity contribution in [3.05, 3.63) is 57.5 Å². The molecular formula is C16H10F3N3O2S. The number of fused-ring (bicyclic) bond motifs is 2. The van der Waals surface area contributed by atoms with E-state index < -0.39 is 11.9 Å². The van der Waals surface area contributed by atoms with Crippen LogP contribution in [0.25, 0.3) is 26.9 Å². The molecule has 0 atom stereocenters. The number of rotatable bonds is 2. The van der Waals surface area contributed by atoms with Crippen LogP contribution in [0.3, 0.4) is 0 Å². The molecule has 9 heteroatoms. The van der Waals surface area contributed by atoms with Gasteiger partial charge < -0.3 is 10.1 Å². The first-order chi connectivity index (χ1) is 11.9. The van der Waals surface area contributed by atoms with Gasteiger partial charge in [-0.15, -0.1) is 0 Å². The third-order valence-corrected chi connectivity index (χ3v) is 4.69. The molecule has 0 spiro atoms. The summed E-state index contributed by atoms with van der Waals surface area (Å²) >= 11 is 1.00. The first-order valence-electron chi connectivity index (χ1n) is 7.19. The van der Waals surface area contributed by atoms with Gasteiger partial charge in [-0.3, -0.25) is 9.36 Å². The molecule has 0 fully saturated rings. The van der Waals surface area contributed by atoms with Gasteiger partial charge in [0, 0.05) is 11.1 Å². The number of aliphatic hydroxyl groups is 1. The number of aromatic amines is 1. The molecule has 0 bridgehead atoms. The van der Waals surface area contributed by atoms with Crippen molar-refractivity contribution >= 4 is 32.6 Å². The normalized spacial score (nSPS) is 12.3. The third-order valence-electron chi connectivity index (χ3n) is 3.84. The van der Waals surface area contributed by atoms with E-state index in [0.717, 1.165) is 17.4 Å². The van der Waals surface area contributed by atoms with Crippen LogP contribution in [0.2, 0.25) is 0 Å². The quantitative estimate of drug-likeness (QED) is 0.572. The van der Waals surface area contributed by atoms with Gasteiger partial charge in [-0.2, -0.15) is 13.2 Å². The molecule has 0 radical (unpaired) electrons. The number of hydrogen-bond acceptors (Lipinski definition) is 4. The van der Waals surface area contributed by atoms with Crippen molar-refractivity contribution < 1.29 is 18.3 Å². The molecule has 0 saturated carbocycles. The molecule has 1 aromatic carbocycles. The van der Waals surface area contributed by atoms with Crippen molar-refractivity contribution in [1.29, 1.82) is 0 Å². The van der Waals surface area contributed by atoms with Gasteiger partial charge in [0.15, 0.2) is 0 Å². The van der Waals surface area contributed by atoms with E-state index in [9.17, 15) is 23.1 Å². The highest BCUT2D eigenvalue weighted by Gasteiger charge is 2.33. The van der Waals surface area contributed by atoms with Crippen LogP contribution in [-0.4, -0.2) is 19.6 Å². The summed E-state index contributed by atoms with van der Waals surface area (Å²) in [4.78, 5) is 17.6. The number of nitrogens with one attached hydrogen (secondary N) is 1. The molecule has 4 rings (SSSR count). The summed E-state index contributed by atoms with van der Waals surface area (Å²) in [7, 11) is 0. The molecule has 4 aromatic rings. The molecule has 2 N–H and O–H groups in total. The molecule has 3 heterocycles. The maximum Gasteiger partial charge on any atom is 0.433 e. The lowest BCUT2D eigenvalue weighted by molar-refractivity contribution is -0.141. The Morgan fingerprint density at radius 1 is 1.20 bits per heavy atom. The van der Waals surface area contributed by atoms with Crippen molar-refractivity contribution in [3.63, 3.8) is 0 Å². The Bertz CT molecular complexity index is 1160. The van der Waals surface area contributed by atoms with Crippen molar-refractivity contribution in [1.82, 2.24) is 14.5 Å². The molecule has 25 heavy (non-hydrogen) atoms. The average molecular weight is 365 g/mol. The number of hydrogen-bond donors (Lipinski definition) is 2. The predicted octanol–water partition coefficient (Wildman–Crippen LogP) is 3.44. The summed E-state index contributed by atoms with van der Waals surface area (Å²) in [6.45, 7) is -0.362. The molecule has 0 amide bonds. The number of alkyl halides is 3. The zero-order valence-electron chi connectivity index (χ0n) is 12.5. The average Bonchev–Trinajstić information content (AvgIpc) is 3.11. The van der Waals surface area contributed by atoms with Crippen molar-refractivity contribution in [2.24, 2.45) is 0 Å². The Hall–Kier alpha value is -2.65. The number of thiazole rings is 1. The lowest BCUT2D eigenvalue weighted by Gasteiger charge is -2.10. The van der Waals surface area contributed by atoms with E-state index in [4.69, 9.17) is 0 Å². The highest BCUT2D eigenvalue weighted by atomic mass is 32.1. The Morgan fingerprint density at radius 3 is 2.72 bits per heavy atom. The van der Waals surface area contributed by atoms with Gasteiger partial charge in [-0.25, -0.2) is 4.98 Å². The second-order valence-electron chi connectivity index (χ2n) is 5.43. The zero-order valence-corrected chi connectivity index (χ0v) is 13.3. The molecule has 0 aliphatic carbocycles. The molecule has 0 unspecified atom stereocenters. The summed E-state index contributed by atoms with van der Waals surface area (Å²) in [5, 5.41) is 10.1. The summed E-state index contributed by atoms with van der Waals surface area (Å²) in [6.07, 6.45) is -4.56. The van der Waals surface area contributed by atoms with E-state index in [1.165, 1.54) is 10.6 Å². The smallest absolute Gasteiger partial charge is 0.390 e. The summed E-state index contributed by atoms with van der Waals surface area (Å²) in [5.74, 6) is 0. The fraction of sp³-hybridized carbons (Fsp3) is 0.125. The van der Waals surface area contributed by atoms with Gasteiger partial charge in [-0.05, 0) is 36.4 Å². The molecular weight excluding hydrogens is 355 g/mol. The Morgan fingerprint density at radius 2 is 2.00 bits per heavy atom. The summed E-state index contributed by atoms with van der Waals surface area (Å²) in [6, 6.07) is 8.84. The van der Waals surface area contributed by atoms with E-state index >= 15 is 0 Å². The molecule has 128 valence electrons. The van der Waals surface area contributed by atoms with Crippen LogP contribution in [0, 0.1) is 0 Å². The van der Waals surface area contributed by atoms with Crippen LogP contribution >= 0.6 is 11.3 Å². The van der Waals surface area contributed by atoms with Crippen LogP contribution in [0.15, 0.2) is 41.2 Å². The van der Waals surface area contributed by atoms with E-state index in [1.54, 1.807) is 24.3 Å². The largest absolute Gasteiger partial charge is 0.433 e. The van der Waals surface area contributed by atoms with E-state index in [0.29, 0.717) is 27.0 Å². The van der Waals surface area contributed by atoms with Gasteiger partial charge in [0.05, 0.1) is 22.5 Å². The molecule has 0 aliphatic rings. The maximum atomic E-state index is 13.0. The SMILES string of the molecule is O=c1[nH]c2ccc(-n3c(CO)cc4ccc(C(F)(F)F)nc43)cc2s1. The van der Waals surface area contributed by atoms with E-state index in [-0.39, 0.29) is 17.1 Å². The Kier molecular flexibility index (Phi) is 3.44. The molecule has 0 saturated heterocycles. The number of H-pyrrole nitrogens is 1. The monoisotopic (exact) mass is 365 g/mol. The van der Waals surface area contributed by atoms with E-state index in [1.807, 2.05) is 0 Å². The minimum absolute atomic E-state index is 0.0982. The molecule has 5 nitrogen and oxygen atoms in total. The molecule has 0 aliphatic heterocycles. The van der Waals surface area contributed by atoms with Crippen LogP contribution in [-0.2, 0) is 12.8 Å². The lowest BCUT2D eigenvalue weighted by Crippen LogP contribution is -2.09. The van der Waals surface area contributed by atoms with Crippen molar-refractivity contribution in [2.75, 3.05) is 0 Å². The standard InChI is InChI=1S/C16H10F3N3O2S/c17-16(18,19)13-4-1-8-5-10(7-23)22(14(8)21-13)9-2-3-11-12(6-9)25-15(24)20-11/h1-6,23H,7H2,(H,20,24). The minimum atomic E-state index is -4.56. The van der Waals surface area contributed by atoms with Gasteiger partial charge in [0.1, 0.15) is 11.3 Å². The number of benzene rings is 1. The highest BCUT2D eigenvalue weighted by Crippen LogP contribution is 2.31. The minimum Gasteiger partial charge on any atom is -0.390 e. The number of pyridine rings is 1. The number of aromatic nitrogens is 3. The second kappa shape index (κ2) is 5.43. The topological polar surface area (TPSA) is 70.9 Å². The van der Waals surface area contributed by atoms with Gasteiger partial charge in [-0.1, -0.05) is 11.3 Å². The first kappa shape index (κ1) is 15.9. The van der Waals surface area contributed by atoms with Crippen molar-refractivity contribution in [3.8, 4) is 5.69 Å². The zero-order chi connectivity index (χ0) is 17.8. The number of aliphatic hydroxyl groups excluding tert-OH is 1. The van der Waals surface area contributed by atoms with Gasteiger partial charge >= 0.3 is 11.0 Å². The van der Waals surface area contributed by atoms with Gasteiger partial charge in [0.2, 0.25) is 0 Å². The number of nitrogens with zero attached hydrogens (tertiary/aromatic N) is 2. The highest BCUT2D eigenvalue weighted by molar-refractivity contribution is 7.16. The fourth-order valence-corrected chi connectivity index (χ4v) is 3.54. The lowest BCUT2D eigenvalue weighted by atomic mass is 10.2. The van der Waals surface area contributed by atoms with Gasteiger partial charge in [0.25, 0.3) is 0 Å². The van der Waals surface area contributed by atoms with Crippen LogP contribution < -0.4 is 4.87 Å². The summed E-state index contributed by atoms with van der Waals surface area (Å²) < 4.78 is 41.1. The Balaban J connectivity index is 2.01. The van der Waals surface area contributed by atoms with E-state index in [2.05, 4.69) is 9.97 Å². The summed E-state index contributed by atoms with van der Waals surface area (Å²) in [5.41, 5.74) is 0.666. The van der Waals surface area contributed by atoms with Crippen LogP contribution in [0.5, 0.6) is 0 Å². The van der Waals surface area contributed by atoms with Crippen molar-refractivity contribution in [2.45, 2.75) is 12.8 Å². The van der Waals surface area contributed by atoms with Crippen LogP contribution in [0.1, 0.15) is 11.4 Å². The maximum absolute atomic E-state index is 13.0. The fourth-order valence-electron chi connectivity index (χ4n) is 2.77. The third kappa shape index (κ3) is 2.61. The van der Waals surface area contributed by atoms with Crippen LogP contribution in [0.4, 0.5) is 13.2 Å². The second-order valence-corrected chi connectivity index (χ2v) is 6.45. The molecule has 3 aromatic heterocycles. The predicted molar refractivity (Wildman–Crippen MR) is 88.0 cm³/mol. The Labute approximate surface area is 142 Å². The first-order valence-corrected chi connectivity index (χ1v) is 8.01.